The quantitative estimate of drug-likeness (QED) is 0.666. The van der Waals surface area contributed by atoms with Gasteiger partial charge < -0.3 is 5.32 Å². The molecule has 0 atom stereocenters. The van der Waals surface area contributed by atoms with Crippen LogP contribution in [0.4, 0.5) is 10.1 Å². The highest BCUT2D eigenvalue weighted by Gasteiger charge is 2.24. The summed E-state index contributed by atoms with van der Waals surface area (Å²) in [6.45, 7) is 8.40. The Morgan fingerprint density at radius 3 is 2.55 bits per heavy atom. The topological polar surface area (TPSA) is 72.2 Å². The lowest BCUT2D eigenvalue weighted by Gasteiger charge is -2.29. The van der Waals surface area contributed by atoms with Crippen LogP contribution < -0.4 is 5.32 Å². The Morgan fingerprint density at radius 1 is 1.45 bits per heavy atom. The first-order chi connectivity index (χ1) is 9.15. The normalized spacial score (nSPS) is 11.5. The Balaban J connectivity index is 2.88. The Kier molecular flexibility index (Phi) is 4.81. The van der Waals surface area contributed by atoms with Gasteiger partial charge in [0.25, 0.3) is 11.6 Å². The van der Waals surface area contributed by atoms with E-state index in [4.69, 9.17) is 0 Å². The smallest absolute Gasteiger partial charge is 0.270 e. The van der Waals surface area contributed by atoms with E-state index >= 15 is 0 Å². The van der Waals surface area contributed by atoms with Crippen molar-refractivity contribution in [3.05, 3.63) is 39.7 Å². The second-order valence-corrected chi connectivity index (χ2v) is 5.75. The number of hydrogen-bond donors (Lipinski definition) is 1. The van der Waals surface area contributed by atoms with Gasteiger partial charge in [0.2, 0.25) is 0 Å². The molecule has 0 radical (unpaired) electrons. The predicted octanol–water partition coefficient (Wildman–Crippen LogP) is 3.15. The molecule has 0 aliphatic rings. The van der Waals surface area contributed by atoms with Crippen molar-refractivity contribution in [2.75, 3.05) is 6.54 Å². The van der Waals surface area contributed by atoms with E-state index in [1.54, 1.807) is 0 Å². The third kappa shape index (κ3) is 3.76. The molecule has 1 rings (SSSR count). The Labute approximate surface area is 117 Å². The first kappa shape index (κ1) is 16.1. The Bertz CT molecular complexity index is 527. The van der Waals surface area contributed by atoms with Crippen molar-refractivity contribution in [1.29, 1.82) is 0 Å². The Morgan fingerprint density at radius 2 is 2.05 bits per heavy atom. The molecule has 0 saturated heterocycles. The summed E-state index contributed by atoms with van der Waals surface area (Å²) >= 11 is 0. The summed E-state index contributed by atoms with van der Waals surface area (Å²) in [4.78, 5) is 21.9. The number of hydrogen-bond acceptors (Lipinski definition) is 3. The number of carbonyl (C=O) groups is 1. The lowest BCUT2D eigenvalue weighted by molar-refractivity contribution is -0.384. The van der Waals surface area contributed by atoms with Gasteiger partial charge in [-0.25, -0.2) is 4.39 Å². The van der Waals surface area contributed by atoms with Gasteiger partial charge in [-0.05, 0) is 17.4 Å². The van der Waals surface area contributed by atoms with Crippen molar-refractivity contribution in [1.82, 2.24) is 5.32 Å². The number of nitrogens with one attached hydrogen (secondary N) is 1. The van der Waals surface area contributed by atoms with Crippen LogP contribution in [0.15, 0.2) is 18.2 Å². The van der Waals surface area contributed by atoms with Crippen LogP contribution in [0.2, 0.25) is 0 Å². The highest BCUT2D eigenvalue weighted by atomic mass is 19.1. The van der Waals surface area contributed by atoms with E-state index in [0.29, 0.717) is 12.5 Å². The zero-order chi connectivity index (χ0) is 15.5. The molecule has 0 unspecified atom stereocenters. The monoisotopic (exact) mass is 282 g/mol. The predicted molar refractivity (Wildman–Crippen MR) is 74.0 cm³/mol. The van der Waals surface area contributed by atoms with Gasteiger partial charge in [0.05, 0.1) is 10.5 Å². The first-order valence-electron chi connectivity index (χ1n) is 6.37. The number of halogens is 1. The molecule has 0 spiro atoms. The average Bonchev–Trinajstić information content (AvgIpc) is 2.36. The van der Waals surface area contributed by atoms with Crippen LogP contribution in [0.5, 0.6) is 0 Å². The minimum absolute atomic E-state index is 0.146. The van der Waals surface area contributed by atoms with Crippen molar-refractivity contribution >= 4 is 11.6 Å². The maximum Gasteiger partial charge on any atom is 0.270 e. The van der Waals surface area contributed by atoms with Gasteiger partial charge in [0.15, 0.2) is 0 Å². The molecule has 5 nitrogen and oxygen atoms in total. The van der Waals surface area contributed by atoms with Crippen LogP contribution in [0.25, 0.3) is 0 Å². The number of benzene rings is 1. The molecular formula is C14H19FN2O3. The van der Waals surface area contributed by atoms with Crippen LogP contribution >= 0.6 is 0 Å². The summed E-state index contributed by atoms with van der Waals surface area (Å²) in [6, 6.07) is 2.91. The number of nitro benzene ring substituents is 1. The van der Waals surface area contributed by atoms with E-state index in [1.807, 2.05) is 27.7 Å². The van der Waals surface area contributed by atoms with Gasteiger partial charge in [-0.1, -0.05) is 27.7 Å². The molecule has 0 heterocycles. The fraction of sp³-hybridized carbons (Fsp3) is 0.500. The standard InChI is InChI=1S/C14H19FN2O3/c1-9(2)14(3,4)8-16-13(18)11-7-10(17(19)20)5-6-12(11)15/h5-7,9H,8H2,1-4H3,(H,16,18). The molecule has 1 amide bonds. The minimum Gasteiger partial charge on any atom is -0.351 e. The lowest BCUT2D eigenvalue weighted by Crippen LogP contribution is -2.37. The summed E-state index contributed by atoms with van der Waals surface area (Å²) in [5.74, 6) is -1.08. The van der Waals surface area contributed by atoms with Crippen molar-refractivity contribution in [2.45, 2.75) is 27.7 Å². The van der Waals surface area contributed by atoms with Crippen molar-refractivity contribution < 1.29 is 14.1 Å². The van der Waals surface area contributed by atoms with Gasteiger partial charge in [0, 0.05) is 18.7 Å². The summed E-state index contributed by atoms with van der Waals surface area (Å²) in [5, 5.41) is 13.3. The van der Waals surface area contributed by atoms with E-state index in [2.05, 4.69) is 5.32 Å². The van der Waals surface area contributed by atoms with Crippen LogP contribution in [-0.2, 0) is 0 Å². The second kappa shape index (κ2) is 5.98. The van der Waals surface area contributed by atoms with E-state index < -0.39 is 16.6 Å². The second-order valence-electron chi connectivity index (χ2n) is 5.75. The average molecular weight is 282 g/mol. The van der Waals surface area contributed by atoms with Crippen LogP contribution in [0.1, 0.15) is 38.1 Å². The van der Waals surface area contributed by atoms with Crippen LogP contribution in [0.3, 0.4) is 0 Å². The maximum absolute atomic E-state index is 13.6. The third-order valence-corrected chi connectivity index (χ3v) is 3.67. The number of rotatable bonds is 5. The molecule has 0 aliphatic heterocycles. The minimum atomic E-state index is -0.768. The van der Waals surface area contributed by atoms with E-state index in [1.165, 1.54) is 0 Å². The van der Waals surface area contributed by atoms with Gasteiger partial charge in [-0.15, -0.1) is 0 Å². The molecule has 0 bridgehead atoms. The fourth-order valence-corrected chi connectivity index (χ4v) is 1.41. The van der Waals surface area contributed by atoms with Crippen LogP contribution in [-0.4, -0.2) is 17.4 Å². The number of nitro groups is 1. The molecule has 6 heteroatoms. The van der Waals surface area contributed by atoms with Crippen LogP contribution in [0, 0.1) is 27.3 Å². The number of non-ortho nitro benzene ring substituents is 1. The fourth-order valence-electron chi connectivity index (χ4n) is 1.41. The summed E-state index contributed by atoms with van der Waals surface area (Å²) in [6.07, 6.45) is 0. The third-order valence-electron chi connectivity index (χ3n) is 3.67. The number of nitrogens with zero attached hydrogens (tertiary/aromatic N) is 1. The number of carbonyl (C=O) groups excluding carboxylic acids is 1. The van der Waals surface area contributed by atoms with Crippen molar-refractivity contribution in [3.63, 3.8) is 0 Å². The summed E-state index contributed by atoms with van der Waals surface area (Å²) < 4.78 is 13.6. The Hall–Kier alpha value is -1.98. The van der Waals surface area contributed by atoms with Gasteiger partial charge in [0.1, 0.15) is 5.82 Å². The van der Waals surface area contributed by atoms with Gasteiger partial charge in [-0.3, -0.25) is 14.9 Å². The molecule has 0 fully saturated rings. The molecule has 110 valence electrons. The van der Waals surface area contributed by atoms with E-state index in [0.717, 1.165) is 18.2 Å². The zero-order valence-corrected chi connectivity index (χ0v) is 12.1. The SMILES string of the molecule is CC(C)C(C)(C)CNC(=O)c1cc([N+](=O)[O-])ccc1F. The molecule has 1 aromatic rings. The zero-order valence-electron chi connectivity index (χ0n) is 12.1. The van der Waals surface area contributed by atoms with Crippen molar-refractivity contribution in [2.24, 2.45) is 11.3 Å². The van der Waals surface area contributed by atoms with E-state index in [-0.39, 0.29) is 16.7 Å². The highest BCUT2D eigenvalue weighted by molar-refractivity contribution is 5.95. The molecule has 0 saturated carbocycles. The maximum atomic E-state index is 13.6. The molecule has 20 heavy (non-hydrogen) atoms. The van der Waals surface area contributed by atoms with Gasteiger partial charge >= 0.3 is 0 Å². The van der Waals surface area contributed by atoms with Crippen molar-refractivity contribution in [3.8, 4) is 0 Å². The highest BCUT2D eigenvalue weighted by Crippen LogP contribution is 2.25. The molecule has 1 N–H and O–H groups in total. The summed E-state index contributed by atoms with van der Waals surface area (Å²) in [7, 11) is 0. The van der Waals surface area contributed by atoms with Gasteiger partial charge in [-0.2, -0.15) is 0 Å². The first-order valence-corrected chi connectivity index (χ1v) is 6.37. The lowest BCUT2D eigenvalue weighted by atomic mass is 9.81. The largest absolute Gasteiger partial charge is 0.351 e. The molecule has 1 aromatic carbocycles. The van der Waals surface area contributed by atoms with E-state index in [9.17, 15) is 19.3 Å². The summed E-state index contributed by atoms with van der Waals surface area (Å²) in [5.41, 5.74) is -0.759. The molecule has 0 aliphatic carbocycles. The molecule has 0 aromatic heterocycles. The number of amides is 1. The molecular weight excluding hydrogens is 263 g/mol.